The van der Waals surface area contributed by atoms with E-state index >= 15 is 0 Å². The molecule has 2 aromatic rings. The zero-order valence-electron chi connectivity index (χ0n) is 18.8. The number of nitrogens with two attached hydrogens (primary N) is 1. The Morgan fingerprint density at radius 1 is 1.19 bits per heavy atom. The number of ketones is 1. The summed E-state index contributed by atoms with van der Waals surface area (Å²) in [6.07, 6.45) is 5.13. The second kappa shape index (κ2) is 8.46. The fraction of sp³-hybridized carbons (Fsp3) is 0.542. The van der Waals surface area contributed by atoms with Gasteiger partial charge in [-0.15, -0.1) is 0 Å². The summed E-state index contributed by atoms with van der Waals surface area (Å²) in [6.45, 7) is 10.1. The van der Waals surface area contributed by atoms with Crippen LogP contribution >= 0.6 is 0 Å². The quantitative estimate of drug-likeness (QED) is 0.743. The molecule has 0 spiro atoms. The number of hydrogen-bond acceptors (Lipinski definition) is 5. The van der Waals surface area contributed by atoms with Crippen molar-refractivity contribution in [2.75, 3.05) is 31.5 Å². The largest absolute Gasteiger partial charge is 0.383 e. The summed E-state index contributed by atoms with van der Waals surface area (Å²) in [6, 6.07) is 5.53. The molecule has 1 amide bonds. The van der Waals surface area contributed by atoms with Gasteiger partial charge in [0.05, 0.1) is 28.2 Å². The predicted octanol–water partition coefficient (Wildman–Crippen LogP) is 3.33. The van der Waals surface area contributed by atoms with Gasteiger partial charge in [0.2, 0.25) is 0 Å². The molecule has 4 rings (SSSR count). The number of carbonyl (C=O) groups is 2. The van der Waals surface area contributed by atoms with Gasteiger partial charge in [-0.2, -0.15) is 5.10 Å². The minimum Gasteiger partial charge on any atom is -0.383 e. The number of piperidine rings is 1. The molecule has 2 aliphatic rings. The summed E-state index contributed by atoms with van der Waals surface area (Å²) in [5.74, 6) is -0.300. The number of fused-ring (bicyclic) bond motifs is 1. The van der Waals surface area contributed by atoms with Gasteiger partial charge in [0.25, 0.3) is 5.91 Å². The normalized spacial score (nSPS) is 18.6. The van der Waals surface area contributed by atoms with Gasteiger partial charge in [0, 0.05) is 25.2 Å². The molecule has 3 N–H and O–H groups in total. The molecule has 0 unspecified atom stereocenters. The molecule has 1 aliphatic carbocycles. The van der Waals surface area contributed by atoms with E-state index in [0.717, 1.165) is 55.2 Å². The molecule has 31 heavy (non-hydrogen) atoms. The van der Waals surface area contributed by atoms with Gasteiger partial charge >= 0.3 is 0 Å². The van der Waals surface area contributed by atoms with E-state index in [1.54, 1.807) is 6.07 Å². The smallest absolute Gasteiger partial charge is 0.250 e. The SMILES string of the molecule is Cc1nn(-c2ccc(C(N)=O)c(NCCN3CCCCC3)c2)c2c1C(=O)CC(C)(C)C2. The Hall–Kier alpha value is -2.67. The molecule has 166 valence electrons. The van der Waals surface area contributed by atoms with Crippen molar-refractivity contribution < 1.29 is 9.59 Å². The van der Waals surface area contributed by atoms with E-state index in [2.05, 4.69) is 24.1 Å². The van der Waals surface area contributed by atoms with Crippen LogP contribution in [0.1, 0.15) is 71.6 Å². The first kappa shape index (κ1) is 21.6. The van der Waals surface area contributed by atoms with E-state index in [1.165, 1.54) is 19.3 Å². The Kier molecular flexibility index (Phi) is 5.88. The highest BCUT2D eigenvalue weighted by molar-refractivity contribution is 6.00. The average molecular weight is 424 g/mol. The van der Waals surface area contributed by atoms with Crippen molar-refractivity contribution in [3.63, 3.8) is 0 Å². The standard InChI is InChI=1S/C24H33N5O2/c1-16-22-20(14-24(2,3)15-21(22)30)29(27-16)17-7-8-18(23(25)31)19(13-17)26-9-12-28-10-5-4-6-11-28/h7-8,13,26H,4-6,9-12,14-15H2,1-3H3,(H2,25,31). The number of primary amides is 1. The molecule has 0 saturated carbocycles. The van der Waals surface area contributed by atoms with Crippen molar-refractivity contribution in [2.24, 2.45) is 11.1 Å². The number of aromatic nitrogens is 2. The Morgan fingerprint density at radius 3 is 2.65 bits per heavy atom. The summed E-state index contributed by atoms with van der Waals surface area (Å²) < 4.78 is 1.87. The Morgan fingerprint density at radius 2 is 1.94 bits per heavy atom. The number of nitrogens with zero attached hydrogens (tertiary/aromatic N) is 3. The molecule has 1 aromatic heterocycles. The molecule has 1 fully saturated rings. The number of nitrogens with one attached hydrogen (secondary N) is 1. The van der Waals surface area contributed by atoms with E-state index in [0.29, 0.717) is 17.7 Å². The van der Waals surface area contributed by atoms with Gasteiger partial charge in [-0.1, -0.05) is 20.3 Å². The lowest BCUT2D eigenvalue weighted by molar-refractivity contribution is 0.0909. The van der Waals surface area contributed by atoms with Gasteiger partial charge < -0.3 is 16.0 Å². The molecule has 7 nitrogen and oxygen atoms in total. The maximum Gasteiger partial charge on any atom is 0.250 e. The highest BCUT2D eigenvalue weighted by atomic mass is 16.1. The van der Waals surface area contributed by atoms with Crippen molar-refractivity contribution in [2.45, 2.75) is 52.9 Å². The second-order valence-corrected chi connectivity index (χ2v) is 9.68. The van der Waals surface area contributed by atoms with E-state index in [1.807, 2.05) is 23.7 Å². The van der Waals surface area contributed by atoms with Crippen LogP contribution in [0.4, 0.5) is 5.69 Å². The maximum atomic E-state index is 12.7. The molecule has 0 radical (unpaired) electrons. The minimum atomic E-state index is -0.456. The number of rotatable bonds is 6. The second-order valence-electron chi connectivity index (χ2n) is 9.68. The fourth-order valence-corrected chi connectivity index (χ4v) is 4.91. The molecular weight excluding hydrogens is 390 g/mol. The van der Waals surface area contributed by atoms with Crippen LogP contribution in [-0.4, -0.2) is 52.5 Å². The van der Waals surface area contributed by atoms with Crippen LogP contribution in [0.2, 0.25) is 0 Å². The maximum absolute atomic E-state index is 12.7. The predicted molar refractivity (Wildman–Crippen MR) is 122 cm³/mol. The van der Waals surface area contributed by atoms with Crippen LogP contribution in [-0.2, 0) is 6.42 Å². The lowest BCUT2D eigenvalue weighted by Crippen LogP contribution is -2.34. The summed E-state index contributed by atoms with van der Waals surface area (Å²) >= 11 is 0. The molecule has 1 aromatic carbocycles. The number of likely N-dealkylation sites (tertiary alicyclic amines) is 1. The van der Waals surface area contributed by atoms with Crippen molar-refractivity contribution in [1.29, 1.82) is 0 Å². The molecule has 2 heterocycles. The van der Waals surface area contributed by atoms with E-state index < -0.39 is 5.91 Å². The molecule has 0 atom stereocenters. The van der Waals surface area contributed by atoms with Crippen molar-refractivity contribution in [3.8, 4) is 5.69 Å². The first-order valence-electron chi connectivity index (χ1n) is 11.3. The molecule has 1 saturated heterocycles. The summed E-state index contributed by atoms with van der Waals surface area (Å²) in [7, 11) is 0. The van der Waals surface area contributed by atoms with Crippen LogP contribution in [0, 0.1) is 12.3 Å². The third kappa shape index (κ3) is 4.51. The third-order valence-electron chi connectivity index (χ3n) is 6.43. The van der Waals surface area contributed by atoms with Gasteiger partial charge in [0.1, 0.15) is 0 Å². The summed E-state index contributed by atoms with van der Waals surface area (Å²) in [4.78, 5) is 27.2. The Labute approximate surface area is 184 Å². The van der Waals surface area contributed by atoms with E-state index in [9.17, 15) is 9.59 Å². The van der Waals surface area contributed by atoms with E-state index in [4.69, 9.17) is 10.8 Å². The number of carbonyl (C=O) groups excluding carboxylic acids is 2. The van der Waals surface area contributed by atoms with Crippen LogP contribution in [0.25, 0.3) is 5.69 Å². The third-order valence-corrected chi connectivity index (χ3v) is 6.43. The van der Waals surface area contributed by atoms with Crippen LogP contribution in [0.3, 0.4) is 0 Å². The zero-order valence-corrected chi connectivity index (χ0v) is 18.8. The van der Waals surface area contributed by atoms with Gasteiger partial charge in [-0.3, -0.25) is 9.59 Å². The molecule has 7 heteroatoms. The minimum absolute atomic E-state index is 0.100. The van der Waals surface area contributed by atoms with Crippen molar-refractivity contribution in [1.82, 2.24) is 14.7 Å². The number of benzene rings is 1. The van der Waals surface area contributed by atoms with Crippen molar-refractivity contribution >= 4 is 17.4 Å². The van der Waals surface area contributed by atoms with Crippen LogP contribution in [0.5, 0.6) is 0 Å². The lowest BCUT2D eigenvalue weighted by Gasteiger charge is -2.29. The average Bonchev–Trinajstić information content (AvgIpc) is 3.03. The highest BCUT2D eigenvalue weighted by Crippen LogP contribution is 2.37. The van der Waals surface area contributed by atoms with Crippen molar-refractivity contribution in [3.05, 3.63) is 40.7 Å². The van der Waals surface area contributed by atoms with Gasteiger partial charge in [-0.25, -0.2) is 4.68 Å². The van der Waals surface area contributed by atoms with Crippen LogP contribution < -0.4 is 11.1 Å². The number of aryl methyl sites for hydroxylation is 1. The number of Topliss-reactive ketones (excluding diaryl/α,β-unsaturated/α-hetero) is 1. The van der Waals surface area contributed by atoms with Gasteiger partial charge in [-0.05, 0) is 62.9 Å². The summed E-state index contributed by atoms with van der Waals surface area (Å²) in [5, 5.41) is 8.10. The first-order chi connectivity index (χ1) is 14.7. The highest BCUT2D eigenvalue weighted by Gasteiger charge is 2.35. The van der Waals surface area contributed by atoms with Crippen LogP contribution in [0.15, 0.2) is 18.2 Å². The Balaban J connectivity index is 1.63. The lowest BCUT2D eigenvalue weighted by atomic mass is 9.75. The fourth-order valence-electron chi connectivity index (χ4n) is 4.91. The van der Waals surface area contributed by atoms with E-state index in [-0.39, 0.29) is 11.2 Å². The first-order valence-corrected chi connectivity index (χ1v) is 11.3. The Bertz CT molecular complexity index is 1000. The molecule has 0 bridgehead atoms. The zero-order chi connectivity index (χ0) is 22.2. The number of hydrogen-bond donors (Lipinski definition) is 2. The monoisotopic (exact) mass is 423 g/mol. The molecule has 1 aliphatic heterocycles. The molecular formula is C24H33N5O2. The topological polar surface area (TPSA) is 93.2 Å². The summed E-state index contributed by atoms with van der Waals surface area (Å²) in [5.41, 5.74) is 10.0. The van der Waals surface area contributed by atoms with Gasteiger partial charge in [0.15, 0.2) is 5.78 Å². The number of anilines is 1. The number of amides is 1.